The van der Waals surface area contributed by atoms with E-state index < -0.39 is 0 Å². The quantitative estimate of drug-likeness (QED) is 0.107. The molecule has 0 aliphatic carbocycles. The Kier molecular flexibility index (Phi) is 38.4. The first-order valence-electron chi connectivity index (χ1n) is 20.8. The van der Waals surface area contributed by atoms with E-state index >= 15 is 0 Å². The number of amides is 5. The van der Waals surface area contributed by atoms with Gasteiger partial charge in [0.05, 0.1) is 0 Å². The van der Waals surface area contributed by atoms with Crippen LogP contribution in [0.1, 0.15) is 99.0 Å². The minimum atomic E-state index is -0.170. The Morgan fingerprint density at radius 1 is 0.500 bits per heavy atom. The molecular formula is C52H75N5O5. The summed E-state index contributed by atoms with van der Waals surface area (Å²) in [5, 5.41) is 13.1. The summed E-state index contributed by atoms with van der Waals surface area (Å²) in [6.45, 7) is 30.8. The topological polar surface area (TPSA) is 146 Å². The van der Waals surface area contributed by atoms with Crippen LogP contribution >= 0.6 is 0 Å². The van der Waals surface area contributed by atoms with Crippen molar-refractivity contribution in [2.45, 2.75) is 83.1 Å². The molecule has 0 bridgehead atoms. The van der Waals surface area contributed by atoms with E-state index in [0.717, 1.165) is 5.56 Å². The lowest BCUT2D eigenvalue weighted by atomic mass is 10.2. The fourth-order valence-electron chi connectivity index (χ4n) is 3.44. The minimum Gasteiger partial charge on any atom is -0.329 e. The van der Waals surface area contributed by atoms with Crippen molar-refractivity contribution in [3.63, 3.8) is 0 Å². The van der Waals surface area contributed by atoms with Crippen molar-refractivity contribution in [3.8, 4) is 0 Å². The molecule has 5 N–H and O–H groups in total. The highest BCUT2D eigenvalue weighted by molar-refractivity contribution is 5.95. The van der Waals surface area contributed by atoms with Gasteiger partial charge in [-0.2, -0.15) is 0 Å². The second-order valence-electron chi connectivity index (χ2n) is 15.1. The van der Waals surface area contributed by atoms with Crippen LogP contribution in [0.15, 0.2) is 165 Å². The third-order valence-corrected chi connectivity index (χ3v) is 6.67. The van der Waals surface area contributed by atoms with Gasteiger partial charge in [-0.1, -0.05) is 167 Å². The van der Waals surface area contributed by atoms with E-state index in [1.165, 1.54) is 18.2 Å². The molecule has 0 fully saturated rings. The molecule has 0 unspecified atom stereocenters. The maximum atomic E-state index is 11.5. The smallest absolute Gasteiger partial charge is 0.255 e. The summed E-state index contributed by atoms with van der Waals surface area (Å²) in [5.41, 5.74) is 2.23. The normalized spacial score (nSPS) is 11.0. The molecule has 62 heavy (non-hydrogen) atoms. The molecule has 0 aliphatic rings. The van der Waals surface area contributed by atoms with Crippen LogP contribution in [0.4, 0.5) is 0 Å². The van der Waals surface area contributed by atoms with Crippen LogP contribution in [0.5, 0.6) is 0 Å². The Balaban J connectivity index is -0.000000711. The number of rotatable bonds is 16. The third kappa shape index (κ3) is 44.6. The van der Waals surface area contributed by atoms with E-state index in [1.807, 2.05) is 114 Å². The minimum absolute atomic E-state index is 0.0671. The van der Waals surface area contributed by atoms with Crippen molar-refractivity contribution in [3.05, 3.63) is 176 Å². The highest BCUT2D eigenvalue weighted by Crippen LogP contribution is 2.01. The lowest BCUT2D eigenvalue weighted by Crippen LogP contribution is -2.17. The lowest BCUT2D eigenvalue weighted by Gasteiger charge is -1.99. The zero-order chi connectivity index (χ0) is 47.7. The van der Waals surface area contributed by atoms with Crippen molar-refractivity contribution < 1.29 is 24.0 Å². The van der Waals surface area contributed by atoms with Gasteiger partial charge in [0.15, 0.2) is 0 Å². The first-order valence-corrected chi connectivity index (χ1v) is 20.8. The summed E-state index contributed by atoms with van der Waals surface area (Å²) in [7, 11) is 0. The molecule has 2 aromatic rings. The Morgan fingerprint density at radius 2 is 0.855 bits per heavy atom. The van der Waals surface area contributed by atoms with Crippen LogP contribution in [0.2, 0.25) is 0 Å². The maximum absolute atomic E-state index is 11.5. The number of carbonyl (C=O) groups excluding carboxylic acids is 5. The monoisotopic (exact) mass is 850 g/mol. The number of hydrogen-bond donors (Lipinski definition) is 5. The van der Waals surface area contributed by atoms with Crippen molar-refractivity contribution in [2.75, 3.05) is 0 Å². The molecule has 0 heterocycles. The van der Waals surface area contributed by atoms with Crippen molar-refractivity contribution in [2.24, 2.45) is 29.6 Å². The molecule has 0 saturated heterocycles. The van der Waals surface area contributed by atoms with Gasteiger partial charge in [0, 0.05) is 48.2 Å². The summed E-state index contributed by atoms with van der Waals surface area (Å²) in [4.78, 5) is 55.0. The predicted molar refractivity (Wildman–Crippen MR) is 262 cm³/mol. The molecule has 0 radical (unpaired) electrons. The molecule has 0 aromatic heterocycles. The van der Waals surface area contributed by atoms with Crippen LogP contribution in [-0.4, -0.2) is 29.5 Å². The van der Waals surface area contributed by atoms with Gasteiger partial charge in [-0.05, 0) is 79.4 Å². The van der Waals surface area contributed by atoms with E-state index in [0.29, 0.717) is 40.7 Å². The first-order chi connectivity index (χ1) is 29.2. The van der Waals surface area contributed by atoms with Crippen molar-refractivity contribution in [1.29, 1.82) is 0 Å². The summed E-state index contributed by atoms with van der Waals surface area (Å²) < 4.78 is 0. The second-order valence-corrected chi connectivity index (χ2v) is 15.1. The zero-order valence-corrected chi connectivity index (χ0v) is 39.3. The van der Waals surface area contributed by atoms with Gasteiger partial charge in [-0.15, -0.1) is 0 Å². The summed E-state index contributed by atoms with van der Waals surface area (Å²) >= 11 is 0. The molecule has 0 saturated carbocycles. The third-order valence-electron chi connectivity index (χ3n) is 6.67. The summed E-state index contributed by atoms with van der Waals surface area (Å²) in [6.07, 6.45) is 25.7. The molecule has 2 aromatic carbocycles. The summed E-state index contributed by atoms with van der Waals surface area (Å²) in [6, 6.07) is 18.9. The SMILES string of the molecule is C/C=C/C(=O)N/C=C/C(C)C.C=C(C)C(=O)N/C=C/C(C)C.C=CC(=O)N/C=C/C(C)C.CC(C)/C=C/NC(=O)/C=C/c1ccccc1.CC(C)/C=C/NC(=O)c1ccccc1. The van der Waals surface area contributed by atoms with Gasteiger partial charge in [0.25, 0.3) is 5.91 Å². The maximum Gasteiger partial charge on any atom is 0.255 e. The van der Waals surface area contributed by atoms with Crippen LogP contribution in [0, 0.1) is 29.6 Å². The van der Waals surface area contributed by atoms with Gasteiger partial charge in [-0.25, -0.2) is 0 Å². The van der Waals surface area contributed by atoms with Crippen molar-refractivity contribution >= 4 is 35.6 Å². The molecule has 338 valence electrons. The van der Waals surface area contributed by atoms with Gasteiger partial charge in [0.2, 0.25) is 23.6 Å². The van der Waals surface area contributed by atoms with E-state index in [2.05, 4.69) is 81.3 Å². The van der Waals surface area contributed by atoms with E-state index in [1.54, 1.807) is 62.2 Å². The number of carbonyl (C=O) groups is 5. The molecule has 0 spiro atoms. The average Bonchev–Trinajstić information content (AvgIpc) is 3.21. The molecule has 5 amide bonds. The standard InChI is InChI=1S/C14H17NO.C12H15NO.2C9H15NO.C8H13NO/c1-12(2)10-11-15-14(16)9-8-13-6-4-3-5-7-13;1-10(2)8-9-13-12(14)11-6-4-3-5-7-11;1-7(2)5-6-10-9(11)8(3)4;1-4-5-9(11)10-7-6-8(2)3;1-4-8(10)9-6-5-7(2)3/h3-12H,1-2H3,(H,15,16);3-10H,1-2H3,(H,13,14);5-7H,3H2,1-2,4H3,(H,10,11);4-8H,1-3H3,(H,10,11);4-7H,1H2,2-3H3,(H,9,10)/b9-8+,11-10+;9-8+;6-5+;5-4+,7-6+;6-5+. The zero-order valence-electron chi connectivity index (χ0n) is 39.3. The highest BCUT2D eigenvalue weighted by atomic mass is 16.2. The molecular weight excluding hydrogens is 775 g/mol. The Morgan fingerprint density at radius 3 is 1.23 bits per heavy atom. The fraction of sp³-hybridized carbons (Fsp3) is 0.327. The van der Waals surface area contributed by atoms with E-state index in [-0.39, 0.29) is 29.5 Å². The number of benzene rings is 2. The van der Waals surface area contributed by atoms with Crippen LogP contribution in [-0.2, 0) is 19.2 Å². The lowest BCUT2D eigenvalue weighted by molar-refractivity contribution is -0.117. The molecule has 0 aliphatic heterocycles. The Labute approximate surface area is 373 Å². The Hall–Kier alpha value is -6.55. The van der Waals surface area contributed by atoms with Gasteiger partial charge < -0.3 is 26.6 Å². The van der Waals surface area contributed by atoms with Crippen LogP contribution in [0.3, 0.4) is 0 Å². The fourth-order valence-corrected chi connectivity index (χ4v) is 3.44. The van der Waals surface area contributed by atoms with E-state index in [4.69, 9.17) is 0 Å². The molecule has 10 nitrogen and oxygen atoms in total. The molecule has 10 heteroatoms. The number of hydrogen-bond acceptors (Lipinski definition) is 5. The van der Waals surface area contributed by atoms with E-state index in [9.17, 15) is 24.0 Å². The number of allylic oxidation sites excluding steroid dienone is 6. The number of nitrogens with one attached hydrogen (secondary N) is 5. The van der Waals surface area contributed by atoms with Crippen molar-refractivity contribution in [1.82, 2.24) is 26.6 Å². The second kappa shape index (κ2) is 39.9. The van der Waals surface area contributed by atoms with Gasteiger partial charge in [0.1, 0.15) is 0 Å². The van der Waals surface area contributed by atoms with Gasteiger partial charge in [-0.3, -0.25) is 24.0 Å². The van der Waals surface area contributed by atoms with Gasteiger partial charge >= 0.3 is 0 Å². The molecule has 0 atom stereocenters. The molecule has 2 rings (SSSR count). The average molecular weight is 850 g/mol. The first kappa shape index (κ1) is 59.8. The predicted octanol–water partition coefficient (Wildman–Crippen LogP) is 10.7. The summed E-state index contributed by atoms with van der Waals surface area (Å²) in [5.74, 6) is 1.74. The largest absolute Gasteiger partial charge is 0.329 e. The Bertz CT molecular complexity index is 1780. The van der Waals surface area contributed by atoms with Crippen LogP contribution in [0.25, 0.3) is 6.08 Å². The van der Waals surface area contributed by atoms with Crippen LogP contribution < -0.4 is 26.6 Å². The highest BCUT2D eigenvalue weighted by Gasteiger charge is 2.00.